The van der Waals surface area contributed by atoms with Gasteiger partial charge in [0.15, 0.2) is 0 Å². The molecule has 0 heterocycles. The van der Waals surface area contributed by atoms with Crippen LogP contribution < -0.4 is 4.74 Å². The van der Waals surface area contributed by atoms with Gasteiger partial charge in [0.2, 0.25) is 0 Å². The summed E-state index contributed by atoms with van der Waals surface area (Å²) in [6, 6.07) is 5.06. The number of halogens is 2. The average Bonchev–Trinajstić information content (AvgIpc) is 2.08. The second-order valence-corrected chi connectivity index (χ2v) is 3.54. The van der Waals surface area contributed by atoms with Gasteiger partial charge in [-0.1, -0.05) is 11.8 Å². The fourth-order valence-electron chi connectivity index (χ4n) is 0.977. The van der Waals surface area contributed by atoms with Crippen LogP contribution in [-0.2, 0) is 0 Å². The van der Waals surface area contributed by atoms with Crippen LogP contribution in [0, 0.1) is 6.92 Å². The highest BCUT2D eigenvalue weighted by Gasteiger charge is 2.07. The lowest BCUT2D eigenvalue weighted by Crippen LogP contribution is -1.88. The molecule has 1 rings (SSSR count). The third-order valence-electron chi connectivity index (χ3n) is 1.60. The molecule has 4 heteroatoms. The van der Waals surface area contributed by atoms with Gasteiger partial charge >= 0.3 is 0 Å². The number of alkyl halides is 2. The molecule has 0 aromatic heterocycles. The SMILES string of the molecule is COc1ccc(SC(F)F)c(C)c1. The Morgan fingerprint density at radius 1 is 1.38 bits per heavy atom. The lowest BCUT2D eigenvalue weighted by Gasteiger charge is -2.06. The summed E-state index contributed by atoms with van der Waals surface area (Å²) in [5.74, 6) is -1.68. The van der Waals surface area contributed by atoms with Gasteiger partial charge in [-0.2, -0.15) is 8.78 Å². The fraction of sp³-hybridized carbons (Fsp3) is 0.333. The van der Waals surface area contributed by atoms with Crippen LogP contribution >= 0.6 is 11.8 Å². The molecule has 0 saturated heterocycles. The number of aryl methyl sites for hydroxylation is 1. The molecule has 0 bridgehead atoms. The molecule has 1 aromatic rings. The summed E-state index contributed by atoms with van der Waals surface area (Å²) in [5.41, 5.74) is 0.810. The van der Waals surface area contributed by atoms with Crippen molar-refractivity contribution in [2.24, 2.45) is 0 Å². The van der Waals surface area contributed by atoms with Gasteiger partial charge in [-0.3, -0.25) is 0 Å². The molecule has 0 amide bonds. The van der Waals surface area contributed by atoms with Crippen LogP contribution in [0.15, 0.2) is 23.1 Å². The monoisotopic (exact) mass is 204 g/mol. The van der Waals surface area contributed by atoms with Gasteiger partial charge in [-0.25, -0.2) is 0 Å². The van der Waals surface area contributed by atoms with Gasteiger partial charge in [0, 0.05) is 4.90 Å². The lowest BCUT2D eigenvalue weighted by atomic mass is 10.2. The number of ether oxygens (including phenoxy) is 1. The first-order valence-electron chi connectivity index (χ1n) is 3.73. The number of benzene rings is 1. The first kappa shape index (κ1) is 10.3. The minimum absolute atomic E-state index is 0.555. The van der Waals surface area contributed by atoms with E-state index in [1.807, 2.05) is 0 Å². The van der Waals surface area contributed by atoms with E-state index in [0.717, 1.165) is 5.56 Å². The van der Waals surface area contributed by atoms with Gasteiger partial charge < -0.3 is 4.74 Å². The van der Waals surface area contributed by atoms with E-state index < -0.39 is 5.76 Å². The molecule has 1 aromatic carbocycles. The highest BCUT2D eigenvalue weighted by Crippen LogP contribution is 2.30. The van der Waals surface area contributed by atoms with Crippen LogP contribution in [0.5, 0.6) is 5.75 Å². The molecule has 0 aliphatic heterocycles. The summed E-state index contributed by atoms with van der Waals surface area (Å²) in [4.78, 5) is 0.593. The first-order valence-corrected chi connectivity index (χ1v) is 4.61. The van der Waals surface area contributed by atoms with Crippen LogP contribution in [0.25, 0.3) is 0 Å². The Kier molecular flexibility index (Phi) is 3.54. The first-order chi connectivity index (χ1) is 6.13. The topological polar surface area (TPSA) is 9.23 Å². The summed E-state index contributed by atoms with van der Waals surface area (Å²) < 4.78 is 29.0. The Balaban J connectivity index is 2.85. The number of hydrogen-bond donors (Lipinski definition) is 0. The Hall–Kier alpha value is -0.770. The molecule has 0 unspecified atom stereocenters. The third-order valence-corrected chi connectivity index (χ3v) is 2.49. The summed E-state index contributed by atoms with van der Waals surface area (Å²) in [7, 11) is 1.55. The van der Waals surface area contributed by atoms with Crippen molar-refractivity contribution >= 4 is 11.8 Å². The van der Waals surface area contributed by atoms with Crippen molar-refractivity contribution in [3.8, 4) is 5.75 Å². The van der Waals surface area contributed by atoms with E-state index in [1.165, 1.54) is 0 Å². The standard InChI is InChI=1S/C9H10F2OS/c1-6-5-7(12-2)3-4-8(6)13-9(10)11/h3-5,9H,1-2H3. The zero-order chi connectivity index (χ0) is 9.84. The maximum Gasteiger partial charge on any atom is 0.288 e. The number of methoxy groups -OCH3 is 1. The van der Waals surface area contributed by atoms with Crippen LogP contribution in [0.4, 0.5) is 8.78 Å². The second kappa shape index (κ2) is 4.46. The third kappa shape index (κ3) is 2.88. The van der Waals surface area contributed by atoms with Crippen LogP contribution in [-0.4, -0.2) is 12.9 Å². The molecule has 13 heavy (non-hydrogen) atoms. The Morgan fingerprint density at radius 2 is 2.08 bits per heavy atom. The molecule has 72 valence electrons. The van der Waals surface area contributed by atoms with E-state index in [-0.39, 0.29) is 0 Å². The van der Waals surface area contributed by atoms with Crippen molar-refractivity contribution in [3.05, 3.63) is 23.8 Å². The average molecular weight is 204 g/mol. The fourth-order valence-corrected chi connectivity index (χ4v) is 1.56. The van der Waals surface area contributed by atoms with Gasteiger partial charge in [0.1, 0.15) is 5.75 Å². The summed E-state index contributed by atoms with van der Waals surface area (Å²) >= 11 is 0.555. The van der Waals surface area contributed by atoms with Gasteiger partial charge in [-0.05, 0) is 30.7 Å². The van der Waals surface area contributed by atoms with E-state index >= 15 is 0 Å². The molecule has 0 saturated carbocycles. The van der Waals surface area contributed by atoms with Gasteiger partial charge in [-0.15, -0.1) is 0 Å². The van der Waals surface area contributed by atoms with Crippen molar-refractivity contribution in [2.45, 2.75) is 17.6 Å². The molecule has 0 aliphatic rings. The van der Waals surface area contributed by atoms with E-state index in [9.17, 15) is 8.78 Å². The molecule has 1 nitrogen and oxygen atoms in total. The lowest BCUT2D eigenvalue weighted by molar-refractivity contribution is 0.252. The quantitative estimate of drug-likeness (QED) is 0.698. The minimum atomic E-state index is -2.37. The van der Waals surface area contributed by atoms with Crippen molar-refractivity contribution in [3.63, 3.8) is 0 Å². The molecule has 0 N–H and O–H groups in total. The maximum atomic E-state index is 12.0. The molecule has 0 atom stereocenters. The van der Waals surface area contributed by atoms with Crippen molar-refractivity contribution in [2.75, 3.05) is 7.11 Å². The predicted octanol–water partition coefficient (Wildman–Crippen LogP) is 3.32. The number of thioether (sulfide) groups is 1. The largest absolute Gasteiger partial charge is 0.497 e. The highest BCUT2D eigenvalue weighted by atomic mass is 32.2. The molecular weight excluding hydrogens is 194 g/mol. The van der Waals surface area contributed by atoms with Crippen LogP contribution in [0.3, 0.4) is 0 Å². The van der Waals surface area contributed by atoms with Crippen molar-refractivity contribution in [1.82, 2.24) is 0 Å². The molecule has 0 aliphatic carbocycles. The normalized spacial score (nSPS) is 10.5. The zero-order valence-corrected chi connectivity index (χ0v) is 8.20. The van der Waals surface area contributed by atoms with E-state index in [0.29, 0.717) is 22.4 Å². The second-order valence-electron chi connectivity index (χ2n) is 2.51. The number of hydrogen-bond acceptors (Lipinski definition) is 2. The molecule has 0 radical (unpaired) electrons. The Bertz CT molecular complexity index is 289. The van der Waals surface area contributed by atoms with Gasteiger partial charge in [0.05, 0.1) is 7.11 Å². The van der Waals surface area contributed by atoms with E-state index in [1.54, 1.807) is 32.2 Å². The number of rotatable bonds is 3. The molecule has 0 spiro atoms. The minimum Gasteiger partial charge on any atom is -0.497 e. The van der Waals surface area contributed by atoms with Crippen molar-refractivity contribution in [1.29, 1.82) is 0 Å². The van der Waals surface area contributed by atoms with Gasteiger partial charge in [0.25, 0.3) is 5.76 Å². The molecule has 0 fully saturated rings. The van der Waals surface area contributed by atoms with Crippen molar-refractivity contribution < 1.29 is 13.5 Å². The highest BCUT2D eigenvalue weighted by molar-refractivity contribution is 7.99. The summed E-state index contributed by atoms with van der Waals surface area (Å²) in [5, 5.41) is 0. The zero-order valence-electron chi connectivity index (χ0n) is 7.38. The Morgan fingerprint density at radius 3 is 2.54 bits per heavy atom. The summed E-state index contributed by atoms with van der Waals surface area (Å²) in [6.07, 6.45) is 0. The maximum absolute atomic E-state index is 12.0. The van der Waals surface area contributed by atoms with Crippen LogP contribution in [0.2, 0.25) is 0 Å². The van der Waals surface area contributed by atoms with E-state index in [2.05, 4.69) is 0 Å². The molecular formula is C9H10F2OS. The van der Waals surface area contributed by atoms with E-state index in [4.69, 9.17) is 4.74 Å². The summed E-state index contributed by atoms with van der Waals surface area (Å²) in [6.45, 7) is 1.78. The van der Waals surface area contributed by atoms with Crippen LogP contribution in [0.1, 0.15) is 5.56 Å². The predicted molar refractivity (Wildman–Crippen MR) is 49.6 cm³/mol. The smallest absolute Gasteiger partial charge is 0.288 e. The Labute approximate surface area is 80.1 Å².